The molecule has 1 N–H and O–H groups in total. The molecule has 1 heterocycles. The van der Waals surface area contributed by atoms with E-state index in [1.54, 1.807) is 0 Å². The Hall–Kier alpha value is -0.180. The van der Waals surface area contributed by atoms with E-state index in [1.807, 2.05) is 11.8 Å². The van der Waals surface area contributed by atoms with Crippen molar-refractivity contribution >= 4 is 16.9 Å². The van der Waals surface area contributed by atoms with Gasteiger partial charge in [-0.2, -0.15) is 0 Å². The van der Waals surface area contributed by atoms with Gasteiger partial charge in [0.2, 0.25) is 0 Å². The molecular formula is C11H20N2S. The van der Waals surface area contributed by atoms with E-state index in [-0.39, 0.29) is 0 Å². The topological polar surface area (TPSA) is 24.4 Å². The number of amidine groups is 1. The average Bonchev–Trinajstić information content (AvgIpc) is 2.54. The van der Waals surface area contributed by atoms with Gasteiger partial charge in [-0.15, -0.1) is 0 Å². The van der Waals surface area contributed by atoms with Crippen molar-refractivity contribution in [2.24, 2.45) is 10.4 Å². The normalized spacial score (nSPS) is 31.3. The van der Waals surface area contributed by atoms with E-state index in [0.717, 1.165) is 6.54 Å². The van der Waals surface area contributed by atoms with Gasteiger partial charge >= 0.3 is 0 Å². The van der Waals surface area contributed by atoms with Gasteiger partial charge in [-0.1, -0.05) is 32.0 Å². The molecule has 0 spiro atoms. The van der Waals surface area contributed by atoms with Gasteiger partial charge in [-0.05, 0) is 24.7 Å². The number of nitrogens with one attached hydrogen (secondary N) is 1. The number of hydrogen-bond acceptors (Lipinski definition) is 3. The van der Waals surface area contributed by atoms with Crippen molar-refractivity contribution in [1.82, 2.24) is 5.32 Å². The Balaban J connectivity index is 1.85. The molecular weight excluding hydrogens is 192 g/mol. The van der Waals surface area contributed by atoms with Crippen LogP contribution < -0.4 is 5.32 Å². The summed E-state index contributed by atoms with van der Waals surface area (Å²) >= 11 is 1.88. The van der Waals surface area contributed by atoms with Crippen molar-refractivity contribution in [3.63, 3.8) is 0 Å². The molecule has 1 saturated carbocycles. The molecule has 0 radical (unpaired) electrons. The first-order valence-electron chi connectivity index (χ1n) is 5.59. The smallest absolute Gasteiger partial charge is 0.156 e. The number of hydrogen-bond donors (Lipinski definition) is 1. The molecule has 1 aliphatic carbocycles. The van der Waals surface area contributed by atoms with Crippen LogP contribution in [0.5, 0.6) is 0 Å². The average molecular weight is 212 g/mol. The highest BCUT2D eigenvalue weighted by Crippen LogP contribution is 2.35. The molecule has 0 aromatic carbocycles. The fourth-order valence-electron chi connectivity index (χ4n) is 2.42. The quantitative estimate of drug-likeness (QED) is 0.722. The first kappa shape index (κ1) is 10.3. The molecule has 80 valence electrons. The van der Waals surface area contributed by atoms with Gasteiger partial charge in [0.1, 0.15) is 0 Å². The second-order valence-corrected chi connectivity index (χ2v) is 6.22. The number of nitrogens with zero attached hydrogens (tertiary/aromatic N) is 1. The summed E-state index contributed by atoms with van der Waals surface area (Å²) in [5, 5.41) is 4.77. The third kappa shape index (κ3) is 2.66. The van der Waals surface area contributed by atoms with E-state index in [0.29, 0.717) is 11.5 Å². The second-order valence-electron chi connectivity index (χ2n) is 5.14. The minimum absolute atomic E-state index is 0.528. The van der Waals surface area contributed by atoms with Gasteiger partial charge < -0.3 is 5.32 Å². The van der Waals surface area contributed by atoms with Crippen LogP contribution in [-0.2, 0) is 0 Å². The minimum atomic E-state index is 0.528. The van der Waals surface area contributed by atoms with Crippen LogP contribution in [0.15, 0.2) is 4.99 Å². The van der Waals surface area contributed by atoms with Crippen LogP contribution in [0.1, 0.15) is 39.5 Å². The van der Waals surface area contributed by atoms with E-state index < -0.39 is 0 Å². The van der Waals surface area contributed by atoms with Crippen LogP contribution in [-0.4, -0.2) is 23.5 Å². The number of rotatable bonds is 1. The summed E-state index contributed by atoms with van der Waals surface area (Å²) in [7, 11) is 0. The molecule has 2 nitrogen and oxygen atoms in total. The Morgan fingerprint density at radius 1 is 1.50 bits per heavy atom. The standard InChI is InChI=1S/C11H20N2S/c1-11(2)5-3-4-9(8-11)13-10-12-6-7-14-10/h9H,3-8H2,1-2H3,(H,12,13). The van der Waals surface area contributed by atoms with Crippen molar-refractivity contribution < 1.29 is 0 Å². The zero-order chi connectivity index (χ0) is 10.0. The molecule has 0 amide bonds. The molecule has 14 heavy (non-hydrogen) atoms. The van der Waals surface area contributed by atoms with Gasteiger partial charge in [-0.25, -0.2) is 0 Å². The summed E-state index contributed by atoms with van der Waals surface area (Å²) in [5.74, 6) is 1.17. The lowest BCUT2D eigenvalue weighted by Crippen LogP contribution is -2.39. The van der Waals surface area contributed by atoms with Crippen molar-refractivity contribution in [3.8, 4) is 0 Å². The Morgan fingerprint density at radius 3 is 3.00 bits per heavy atom. The molecule has 0 aromatic rings. The lowest BCUT2D eigenvalue weighted by Gasteiger charge is -2.35. The van der Waals surface area contributed by atoms with Crippen LogP contribution in [0, 0.1) is 5.41 Å². The summed E-state index contributed by atoms with van der Waals surface area (Å²) in [4.78, 5) is 4.45. The fourth-order valence-corrected chi connectivity index (χ4v) is 3.23. The molecule has 1 fully saturated rings. The van der Waals surface area contributed by atoms with Gasteiger partial charge in [-0.3, -0.25) is 4.99 Å². The molecule has 2 aliphatic rings. The molecule has 1 atom stereocenters. The Bertz CT molecular complexity index is 235. The van der Waals surface area contributed by atoms with Crippen molar-refractivity contribution in [1.29, 1.82) is 0 Å². The summed E-state index contributed by atoms with van der Waals surface area (Å²) in [6, 6.07) is 0.670. The summed E-state index contributed by atoms with van der Waals surface area (Å²) in [6.45, 7) is 5.76. The van der Waals surface area contributed by atoms with E-state index in [9.17, 15) is 0 Å². The maximum Gasteiger partial charge on any atom is 0.156 e. The third-order valence-corrected chi connectivity index (χ3v) is 4.03. The Kier molecular flexibility index (Phi) is 3.05. The lowest BCUT2D eigenvalue weighted by molar-refractivity contribution is 0.211. The largest absolute Gasteiger partial charge is 0.362 e. The van der Waals surface area contributed by atoms with Crippen LogP contribution in [0.2, 0.25) is 0 Å². The van der Waals surface area contributed by atoms with E-state index in [1.165, 1.54) is 36.6 Å². The zero-order valence-corrected chi connectivity index (χ0v) is 9.99. The van der Waals surface area contributed by atoms with E-state index in [4.69, 9.17) is 0 Å². The highest BCUT2D eigenvalue weighted by atomic mass is 32.2. The minimum Gasteiger partial charge on any atom is -0.362 e. The van der Waals surface area contributed by atoms with Crippen molar-refractivity contribution in [2.45, 2.75) is 45.6 Å². The molecule has 1 unspecified atom stereocenters. The third-order valence-electron chi connectivity index (χ3n) is 3.12. The number of thioether (sulfide) groups is 1. The Labute approximate surface area is 90.9 Å². The van der Waals surface area contributed by atoms with Crippen LogP contribution in [0.25, 0.3) is 0 Å². The predicted molar refractivity (Wildman–Crippen MR) is 63.9 cm³/mol. The van der Waals surface area contributed by atoms with Gasteiger partial charge in [0.15, 0.2) is 5.17 Å². The van der Waals surface area contributed by atoms with Gasteiger partial charge in [0.05, 0.1) is 6.54 Å². The Morgan fingerprint density at radius 2 is 2.36 bits per heavy atom. The first-order valence-corrected chi connectivity index (χ1v) is 6.58. The summed E-state index contributed by atoms with van der Waals surface area (Å²) < 4.78 is 0. The molecule has 2 rings (SSSR count). The maximum absolute atomic E-state index is 4.45. The summed E-state index contributed by atoms with van der Waals surface area (Å²) in [6.07, 6.45) is 5.36. The van der Waals surface area contributed by atoms with Crippen LogP contribution in [0.4, 0.5) is 0 Å². The summed E-state index contributed by atoms with van der Waals surface area (Å²) in [5.41, 5.74) is 0.528. The second kappa shape index (κ2) is 4.13. The molecule has 0 aromatic heterocycles. The van der Waals surface area contributed by atoms with E-state index >= 15 is 0 Å². The zero-order valence-electron chi connectivity index (χ0n) is 9.18. The molecule has 3 heteroatoms. The van der Waals surface area contributed by atoms with E-state index in [2.05, 4.69) is 24.2 Å². The molecule has 0 bridgehead atoms. The van der Waals surface area contributed by atoms with Crippen LogP contribution >= 0.6 is 11.8 Å². The fraction of sp³-hybridized carbons (Fsp3) is 0.909. The highest BCUT2D eigenvalue weighted by molar-refractivity contribution is 8.14. The molecule has 0 saturated heterocycles. The van der Waals surface area contributed by atoms with Crippen molar-refractivity contribution in [2.75, 3.05) is 12.3 Å². The van der Waals surface area contributed by atoms with Gasteiger partial charge in [0, 0.05) is 11.8 Å². The highest BCUT2D eigenvalue weighted by Gasteiger charge is 2.28. The monoisotopic (exact) mass is 212 g/mol. The first-order chi connectivity index (χ1) is 6.66. The van der Waals surface area contributed by atoms with Crippen LogP contribution in [0.3, 0.4) is 0 Å². The van der Waals surface area contributed by atoms with Crippen molar-refractivity contribution in [3.05, 3.63) is 0 Å². The number of aliphatic imine (C=N–C) groups is 1. The SMILES string of the molecule is CC1(C)CCCC(NC2=NCCS2)C1. The van der Waals surface area contributed by atoms with Gasteiger partial charge in [0.25, 0.3) is 0 Å². The molecule has 1 aliphatic heterocycles. The lowest BCUT2D eigenvalue weighted by atomic mass is 9.75. The predicted octanol–water partition coefficient (Wildman–Crippen LogP) is 2.65. The maximum atomic E-state index is 4.45.